The first-order chi connectivity index (χ1) is 7.00. The molecule has 1 saturated heterocycles. The lowest BCUT2D eigenvalue weighted by atomic mass is 9.86. The third kappa shape index (κ3) is 1.76. The number of rotatable bonds is 1. The molecule has 0 aromatic heterocycles. The first-order valence-corrected chi connectivity index (χ1v) is 5.36. The summed E-state index contributed by atoms with van der Waals surface area (Å²) in [6, 6.07) is 10.0. The summed E-state index contributed by atoms with van der Waals surface area (Å²) < 4.78 is 0. The van der Waals surface area contributed by atoms with Crippen LogP contribution in [0.1, 0.15) is 32.3 Å². The number of likely N-dealkylation sites (tertiary alicyclic amines) is 1. The van der Waals surface area contributed by atoms with Crippen molar-refractivity contribution in [3.8, 4) is 0 Å². The van der Waals surface area contributed by atoms with Gasteiger partial charge < -0.3 is 4.90 Å². The molecule has 2 nitrogen and oxygen atoms in total. The lowest BCUT2D eigenvalue weighted by Crippen LogP contribution is -2.59. The second-order valence-corrected chi connectivity index (χ2v) is 5.08. The highest BCUT2D eigenvalue weighted by Crippen LogP contribution is 2.33. The molecule has 1 heterocycles. The number of hydrogen-bond donors (Lipinski definition) is 0. The minimum atomic E-state index is -0.0393. The van der Waals surface area contributed by atoms with Gasteiger partial charge in [-0.2, -0.15) is 0 Å². The monoisotopic (exact) mass is 203 g/mol. The molecular weight excluding hydrogens is 186 g/mol. The fraction of sp³-hybridized carbons (Fsp3) is 0.462. The van der Waals surface area contributed by atoms with E-state index in [1.54, 1.807) is 0 Å². The maximum Gasteiger partial charge on any atom is 0.232 e. The molecule has 0 aliphatic carbocycles. The standard InChI is InChI=1S/C13H17NO/c1-13(2,3)14-9-11(12(14)15)10-7-5-4-6-8-10/h4-8,11H,9H2,1-3H3/t11-/m1/s1. The average Bonchev–Trinajstić information content (AvgIpc) is 2.15. The molecule has 0 N–H and O–H groups in total. The fourth-order valence-electron chi connectivity index (χ4n) is 1.96. The lowest BCUT2D eigenvalue weighted by molar-refractivity contribution is -0.149. The molecule has 2 rings (SSSR count). The first kappa shape index (κ1) is 10.2. The summed E-state index contributed by atoms with van der Waals surface area (Å²) in [5.74, 6) is 0.346. The smallest absolute Gasteiger partial charge is 0.232 e. The molecule has 0 unspecified atom stereocenters. The summed E-state index contributed by atoms with van der Waals surface area (Å²) in [5.41, 5.74) is 1.10. The number of nitrogens with zero attached hydrogens (tertiary/aromatic N) is 1. The number of β-lactam (4-membered cyclic amide) rings is 1. The van der Waals surface area contributed by atoms with Crippen molar-refractivity contribution in [1.82, 2.24) is 4.90 Å². The van der Waals surface area contributed by atoms with E-state index in [1.807, 2.05) is 35.2 Å². The second-order valence-electron chi connectivity index (χ2n) is 5.08. The van der Waals surface area contributed by atoms with E-state index in [0.29, 0.717) is 0 Å². The van der Waals surface area contributed by atoms with Crippen molar-refractivity contribution in [2.24, 2.45) is 0 Å². The van der Waals surface area contributed by atoms with Crippen LogP contribution in [0.25, 0.3) is 0 Å². The molecule has 80 valence electrons. The van der Waals surface area contributed by atoms with Gasteiger partial charge in [-0.05, 0) is 26.3 Å². The maximum atomic E-state index is 11.9. The summed E-state index contributed by atoms with van der Waals surface area (Å²) in [7, 11) is 0. The van der Waals surface area contributed by atoms with E-state index < -0.39 is 0 Å². The fourth-order valence-corrected chi connectivity index (χ4v) is 1.96. The minimum absolute atomic E-state index is 0.0393. The van der Waals surface area contributed by atoms with Gasteiger partial charge in [-0.3, -0.25) is 4.79 Å². The van der Waals surface area contributed by atoms with Gasteiger partial charge in [-0.15, -0.1) is 0 Å². The van der Waals surface area contributed by atoms with E-state index in [9.17, 15) is 4.79 Å². The van der Waals surface area contributed by atoms with Crippen LogP contribution in [-0.4, -0.2) is 22.9 Å². The molecule has 0 spiro atoms. The SMILES string of the molecule is CC(C)(C)N1C[C@H](c2ccccc2)C1=O. The van der Waals surface area contributed by atoms with Crippen LogP contribution in [0.2, 0.25) is 0 Å². The normalized spacial score (nSPS) is 21.4. The molecule has 1 aliphatic heterocycles. The molecule has 1 amide bonds. The van der Waals surface area contributed by atoms with Crippen LogP contribution in [0, 0.1) is 0 Å². The largest absolute Gasteiger partial charge is 0.336 e. The van der Waals surface area contributed by atoms with Crippen LogP contribution in [0.5, 0.6) is 0 Å². The van der Waals surface area contributed by atoms with Gasteiger partial charge in [-0.25, -0.2) is 0 Å². The van der Waals surface area contributed by atoms with Crippen LogP contribution in [0.4, 0.5) is 0 Å². The third-order valence-electron chi connectivity index (χ3n) is 2.94. The zero-order valence-corrected chi connectivity index (χ0v) is 9.53. The first-order valence-electron chi connectivity index (χ1n) is 5.36. The number of benzene rings is 1. The van der Waals surface area contributed by atoms with Crippen LogP contribution in [0.3, 0.4) is 0 Å². The Balaban J connectivity index is 2.11. The molecule has 0 bridgehead atoms. The van der Waals surface area contributed by atoms with Crippen molar-refractivity contribution in [3.63, 3.8) is 0 Å². The molecule has 2 heteroatoms. The van der Waals surface area contributed by atoms with Crippen molar-refractivity contribution in [2.45, 2.75) is 32.2 Å². The molecule has 1 fully saturated rings. The van der Waals surface area contributed by atoms with Gasteiger partial charge in [-0.1, -0.05) is 30.3 Å². The average molecular weight is 203 g/mol. The van der Waals surface area contributed by atoms with Gasteiger partial charge in [0.25, 0.3) is 0 Å². The Labute approximate surface area is 90.9 Å². The molecule has 0 radical (unpaired) electrons. The maximum absolute atomic E-state index is 11.9. The molecule has 1 atom stereocenters. The number of amides is 1. The van der Waals surface area contributed by atoms with E-state index >= 15 is 0 Å². The Hall–Kier alpha value is -1.31. The number of carbonyl (C=O) groups excluding carboxylic acids is 1. The molecule has 1 aliphatic rings. The van der Waals surface area contributed by atoms with Crippen LogP contribution in [-0.2, 0) is 4.79 Å². The highest BCUT2D eigenvalue weighted by molar-refractivity contribution is 5.90. The summed E-state index contributed by atoms with van der Waals surface area (Å²) in [6.45, 7) is 7.08. The highest BCUT2D eigenvalue weighted by Gasteiger charge is 2.42. The Bertz CT molecular complexity index is 364. The van der Waals surface area contributed by atoms with Gasteiger partial charge >= 0.3 is 0 Å². The highest BCUT2D eigenvalue weighted by atomic mass is 16.2. The van der Waals surface area contributed by atoms with Gasteiger partial charge in [0.1, 0.15) is 0 Å². The zero-order valence-electron chi connectivity index (χ0n) is 9.53. The summed E-state index contributed by atoms with van der Waals surface area (Å²) in [6.07, 6.45) is 0. The van der Waals surface area contributed by atoms with E-state index in [0.717, 1.165) is 12.1 Å². The Morgan fingerprint density at radius 3 is 2.27 bits per heavy atom. The Kier molecular flexibility index (Phi) is 2.29. The van der Waals surface area contributed by atoms with Crippen molar-refractivity contribution >= 4 is 5.91 Å². The zero-order chi connectivity index (χ0) is 11.1. The second kappa shape index (κ2) is 3.37. The summed E-state index contributed by atoms with van der Waals surface area (Å²) in [5, 5.41) is 0. The number of carbonyl (C=O) groups is 1. The number of hydrogen-bond acceptors (Lipinski definition) is 1. The minimum Gasteiger partial charge on any atom is -0.336 e. The van der Waals surface area contributed by atoms with Crippen LogP contribution < -0.4 is 0 Å². The van der Waals surface area contributed by atoms with Gasteiger partial charge in [0.15, 0.2) is 0 Å². The van der Waals surface area contributed by atoms with Crippen molar-refractivity contribution in [1.29, 1.82) is 0 Å². The van der Waals surface area contributed by atoms with Crippen molar-refractivity contribution < 1.29 is 4.79 Å². The Morgan fingerprint density at radius 1 is 1.20 bits per heavy atom. The molecule has 0 saturated carbocycles. The van der Waals surface area contributed by atoms with Gasteiger partial charge in [0.05, 0.1) is 5.92 Å². The lowest BCUT2D eigenvalue weighted by Gasteiger charge is -2.47. The Morgan fingerprint density at radius 2 is 1.80 bits per heavy atom. The van der Waals surface area contributed by atoms with Gasteiger partial charge in [0, 0.05) is 12.1 Å². The van der Waals surface area contributed by atoms with E-state index in [-0.39, 0.29) is 17.4 Å². The van der Waals surface area contributed by atoms with Gasteiger partial charge in [0.2, 0.25) is 5.91 Å². The van der Waals surface area contributed by atoms with Crippen molar-refractivity contribution in [2.75, 3.05) is 6.54 Å². The van der Waals surface area contributed by atoms with E-state index in [2.05, 4.69) is 20.8 Å². The predicted octanol–water partition coefficient (Wildman–Crippen LogP) is 2.41. The van der Waals surface area contributed by atoms with E-state index in [4.69, 9.17) is 0 Å². The quantitative estimate of drug-likeness (QED) is 0.642. The van der Waals surface area contributed by atoms with Crippen LogP contribution in [0.15, 0.2) is 30.3 Å². The predicted molar refractivity (Wildman–Crippen MR) is 60.6 cm³/mol. The summed E-state index contributed by atoms with van der Waals surface area (Å²) in [4.78, 5) is 13.9. The molecular formula is C13H17NO. The van der Waals surface area contributed by atoms with Crippen molar-refractivity contribution in [3.05, 3.63) is 35.9 Å². The van der Waals surface area contributed by atoms with E-state index in [1.165, 1.54) is 0 Å². The van der Waals surface area contributed by atoms with Crippen LogP contribution >= 0.6 is 0 Å². The topological polar surface area (TPSA) is 20.3 Å². The molecule has 1 aromatic carbocycles. The summed E-state index contributed by atoms with van der Waals surface area (Å²) >= 11 is 0. The third-order valence-corrected chi connectivity index (χ3v) is 2.94. The molecule has 15 heavy (non-hydrogen) atoms. The molecule has 1 aromatic rings.